The van der Waals surface area contributed by atoms with E-state index in [0.29, 0.717) is 18.2 Å². The predicted octanol–water partition coefficient (Wildman–Crippen LogP) is 4.30. The highest BCUT2D eigenvalue weighted by Crippen LogP contribution is 2.39. The summed E-state index contributed by atoms with van der Waals surface area (Å²) >= 11 is 0. The van der Waals surface area contributed by atoms with Crippen LogP contribution < -0.4 is 0 Å². The minimum absolute atomic E-state index is 0.252. The molecule has 1 unspecified atom stereocenters. The minimum atomic E-state index is -0.252. The van der Waals surface area contributed by atoms with Crippen LogP contribution in [-0.4, -0.2) is 17.6 Å². The van der Waals surface area contributed by atoms with E-state index in [0.717, 1.165) is 17.5 Å². The highest BCUT2D eigenvalue weighted by atomic mass is 16.5. The van der Waals surface area contributed by atoms with Gasteiger partial charge in [-0.05, 0) is 43.2 Å². The van der Waals surface area contributed by atoms with Crippen molar-refractivity contribution >= 4 is 5.97 Å². The number of nitrogens with one attached hydrogen (secondary N) is 1. The Hall–Kier alpha value is -2.03. The number of aromatic amines is 1. The van der Waals surface area contributed by atoms with E-state index in [9.17, 15) is 4.79 Å². The highest BCUT2D eigenvalue weighted by Gasteiger charge is 2.28. The van der Waals surface area contributed by atoms with Gasteiger partial charge in [0.25, 0.3) is 0 Å². The number of benzene rings is 1. The van der Waals surface area contributed by atoms with Crippen LogP contribution in [0.1, 0.15) is 54.4 Å². The van der Waals surface area contributed by atoms with Crippen LogP contribution >= 0.6 is 0 Å². The molecule has 0 saturated heterocycles. The van der Waals surface area contributed by atoms with Crippen LogP contribution in [0.25, 0.3) is 11.1 Å². The summed E-state index contributed by atoms with van der Waals surface area (Å²) in [6.07, 6.45) is 3.37. The number of carbonyl (C=O) groups excluding carboxylic acids is 1. The van der Waals surface area contributed by atoms with Gasteiger partial charge in [0.05, 0.1) is 6.61 Å². The zero-order valence-corrected chi connectivity index (χ0v) is 12.6. The first-order chi connectivity index (χ1) is 10.2. The van der Waals surface area contributed by atoms with Crippen LogP contribution in [-0.2, 0) is 11.2 Å². The monoisotopic (exact) mass is 283 g/mol. The number of ether oxygens (including phenoxy) is 1. The quantitative estimate of drug-likeness (QED) is 0.853. The molecule has 1 atom stereocenters. The number of carbonyl (C=O) groups is 1. The Morgan fingerprint density at radius 3 is 2.81 bits per heavy atom. The van der Waals surface area contributed by atoms with Crippen molar-refractivity contribution in [2.45, 2.75) is 39.0 Å². The molecule has 1 N–H and O–H groups in total. The van der Waals surface area contributed by atoms with Gasteiger partial charge in [-0.2, -0.15) is 0 Å². The van der Waals surface area contributed by atoms with Crippen LogP contribution in [0.15, 0.2) is 30.3 Å². The zero-order valence-electron chi connectivity index (χ0n) is 12.6. The third-order valence-electron chi connectivity index (χ3n) is 4.24. The second-order valence-corrected chi connectivity index (χ2v) is 5.65. The van der Waals surface area contributed by atoms with E-state index in [1.54, 1.807) is 0 Å². The summed E-state index contributed by atoms with van der Waals surface area (Å²) < 4.78 is 5.23. The summed E-state index contributed by atoms with van der Waals surface area (Å²) in [5.74, 6) is 0.220. The lowest BCUT2D eigenvalue weighted by molar-refractivity contribution is 0.0521. The van der Waals surface area contributed by atoms with Gasteiger partial charge in [-0.3, -0.25) is 0 Å². The van der Waals surface area contributed by atoms with Gasteiger partial charge >= 0.3 is 5.97 Å². The number of fused-ring (bicyclic) bond motifs is 1. The van der Waals surface area contributed by atoms with Crippen molar-refractivity contribution in [3.63, 3.8) is 0 Å². The van der Waals surface area contributed by atoms with E-state index in [1.165, 1.54) is 24.1 Å². The van der Waals surface area contributed by atoms with E-state index >= 15 is 0 Å². The number of H-pyrrole nitrogens is 1. The van der Waals surface area contributed by atoms with Crippen LogP contribution in [0.5, 0.6) is 0 Å². The predicted molar refractivity (Wildman–Crippen MR) is 83.5 cm³/mol. The molecule has 3 heteroatoms. The average molecular weight is 283 g/mol. The molecule has 3 nitrogen and oxygen atoms in total. The fourth-order valence-electron chi connectivity index (χ4n) is 3.25. The molecule has 0 saturated carbocycles. The zero-order chi connectivity index (χ0) is 14.8. The molecule has 0 bridgehead atoms. The van der Waals surface area contributed by atoms with Crippen molar-refractivity contribution in [1.82, 2.24) is 4.98 Å². The van der Waals surface area contributed by atoms with Gasteiger partial charge in [0.1, 0.15) is 5.69 Å². The number of rotatable bonds is 3. The fraction of sp³-hybridized carbons (Fsp3) is 0.389. The Labute approximate surface area is 125 Å². The maximum Gasteiger partial charge on any atom is 0.355 e. The normalized spacial score (nSPS) is 17.3. The van der Waals surface area contributed by atoms with Crippen LogP contribution in [0.4, 0.5) is 0 Å². The summed E-state index contributed by atoms with van der Waals surface area (Å²) in [6, 6.07) is 10.1. The van der Waals surface area contributed by atoms with E-state index < -0.39 is 0 Å². The lowest BCUT2D eigenvalue weighted by Crippen LogP contribution is -2.07. The Kier molecular flexibility index (Phi) is 3.82. The standard InChI is InChI=1S/C18H21NO2/c1-3-21-18(20)17-15(13-9-5-4-6-10-13)14-11-7-8-12(2)16(14)19-17/h4-6,9-10,12,19H,3,7-8,11H2,1-2H3. The molecule has 3 rings (SSSR count). The molecule has 0 spiro atoms. The molecule has 21 heavy (non-hydrogen) atoms. The van der Waals surface area contributed by atoms with Gasteiger partial charge in [0.2, 0.25) is 0 Å². The third-order valence-corrected chi connectivity index (χ3v) is 4.24. The third kappa shape index (κ3) is 2.48. The molecule has 1 aliphatic rings. The van der Waals surface area contributed by atoms with Crippen molar-refractivity contribution in [3.05, 3.63) is 47.3 Å². The molecule has 1 aromatic heterocycles. The summed E-state index contributed by atoms with van der Waals surface area (Å²) in [6.45, 7) is 4.45. The number of hydrogen-bond acceptors (Lipinski definition) is 2. The van der Waals surface area contributed by atoms with Gasteiger partial charge in [0.15, 0.2) is 0 Å². The molecular formula is C18H21NO2. The Morgan fingerprint density at radius 1 is 1.33 bits per heavy atom. The van der Waals surface area contributed by atoms with Crippen molar-refractivity contribution in [1.29, 1.82) is 0 Å². The van der Waals surface area contributed by atoms with Crippen LogP contribution in [0.2, 0.25) is 0 Å². The lowest BCUT2D eigenvalue weighted by atomic mass is 9.86. The minimum Gasteiger partial charge on any atom is -0.461 e. The second-order valence-electron chi connectivity index (χ2n) is 5.65. The maximum absolute atomic E-state index is 12.3. The first kappa shape index (κ1) is 13.9. The Balaban J connectivity index is 2.17. The lowest BCUT2D eigenvalue weighted by Gasteiger charge is -2.19. The molecular weight excluding hydrogens is 262 g/mol. The average Bonchev–Trinajstić information content (AvgIpc) is 2.89. The second kappa shape index (κ2) is 5.76. The van der Waals surface area contributed by atoms with Gasteiger partial charge in [-0.1, -0.05) is 37.3 Å². The molecule has 0 aliphatic heterocycles. The van der Waals surface area contributed by atoms with E-state index in [4.69, 9.17) is 4.74 Å². The molecule has 0 radical (unpaired) electrons. The molecule has 1 heterocycles. The van der Waals surface area contributed by atoms with Gasteiger partial charge in [0, 0.05) is 11.3 Å². The first-order valence-electron chi connectivity index (χ1n) is 7.69. The topological polar surface area (TPSA) is 42.1 Å². The summed E-state index contributed by atoms with van der Waals surface area (Å²) in [5.41, 5.74) is 5.25. The van der Waals surface area contributed by atoms with Crippen LogP contribution in [0.3, 0.4) is 0 Å². The van der Waals surface area contributed by atoms with Crippen molar-refractivity contribution < 1.29 is 9.53 Å². The summed E-state index contributed by atoms with van der Waals surface area (Å²) in [4.78, 5) is 15.7. The molecule has 110 valence electrons. The van der Waals surface area contributed by atoms with Gasteiger partial charge < -0.3 is 9.72 Å². The molecule has 2 aromatic rings. The maximum atomic E-state index is 12.3. The van der Waals surface area contributed by atoms with Crippen molar-refractivity contribution in [2.75, 3.05) is 6.61 Å². The SMILES string of the molecule is CCOC(=O)c1[nH]c2c(c1-c1ccccc1)CCCC2C. The molecule has 0 fully saturated rings. The van der Waals surface area contributed by atoms with Crippen molar-refractivity contribution in [2.24, 2.45) is 0 Å². The number of hydrogen-bond donors (Lipinski definition) is 1. The molecule has 0 amide bonds. The van der Waals surface area contributed by atoms with E-state index in [2.05, 4.69) is 24.0 Å². The van der Waals surface area contributed by atoms with E-state index in [1.807, 2.05) is 25.1 Å². The summed E-state index contributed by atoms with van der Waals surface area (Å²) in [7, 11) is 0. The molecule has 1 aromatic carbocycles. The first-order valence-corrected chi connectivity index (χ1v) is 7.69. The van der Waals surface area contributed by atoms with Crippen molar-refractivity contribution in [3.8, 4) is 11.1 Å². The number of esters is 1. The van der Waals surface area contributed by atoms with Crippen LogP contribution in [0, 0.1) is 0 Å². The van der Waals surface area contributed by atoms with Gasteiger partial charge in [-0.25, -0.2) is 4.79 Å². The highest BCUT2D eigenvalue weighted by molar-refractivity contribution is 5.97. The van der Waals surface area contributed by atoms with E-state index in [-0.39, 0.29) is 5.97 Å². The number of aromatic nitrogens is 1. The molecule has 1 aliphatic carbocycles. The summed E-state index contributed by atoms with van der Waals surface area (Å²) in [5, 5.41) is 0. The smallest absolute Gasteiger partial charge is 0.355 e. The Bertz CT molecular complexity index is 643. The Morgan fingerprint density at radius 2 is 2.10 bits per heavy atom. The fourth-order valence-corrected chi connectivity index (χ4v) is 3.25. The largest absolute Gasteiger partial charge is 0.461 e. The van der Waals surface area contributed by atoms with Gasteiger partial charge in [-0.15, -0.1) is 0 Å².